The summed E-state index contributed by atoms with van der Waals surface area (Å²) < 4.78 is 5.69. The number of rotatable bonds is 2. The minimum absolute atomic E-state index is 0.474. The molecule has 1 atom stereocenters. The first kappa shape index (κ1) is 9.17. The van der Waals surface area contributed by atoms with Gasteiger partial charge in [0.1, 0.15) is 0 Å². The van der Waals surface area contributed by atoms with Crippen LogP contribution in [-0.4, -0.2) is 12.7 Å². The molecule has 0 amide bonds. The zero-order valence-electron chi connectivity index (χ0n) is 8.91. The summed E-state index contributed by atoms with van der Waals surface area (Å²) >= 11 is 0. The maximum Gasteiger partial charge on any atom is 0.0616 e. The third-order valence-corrected chi connectivity index (χ3v) is 3.40. The van der Waals surface area contributed by atoms with Crippen molar-refractivity contribution in [2.45, 2.75) is 31.8 Å². The van der Waals surface area contributed by atoms with Gasteiger partial charge in [-0.3, -0.25) is 0 Å². The fourth-order valence-electron chi connectivity index (χ4n) is 2.60. The SMILES string of the molecule is C1=C(CC2CCCO2)c2ccccc2C1. The van der Waals surface area contributed by atoms with Crippen LogP contribution in [0.1, 0.15) is 30.4 Å². The molecule has 15 heavy (non-hydrogen) atoms. The van der Waals surface area contributed by atoms with E-state index in [4.69, 9.17) is 4.74 Å². The van der Waals surface area contributed by atoms with Crippen molar-refractivity contribution < 1.29 is 4.74 Å². The van der Waals surface area contributed by atoms with Gasteiger partial charge in [-0.05, 0) is 42.4 Å². The van der Waals surface area contributed by atoms with Crippen LogP contribution in [0.25, 0.3) is 5.57 Å². The molecule has 1 aliphatic carbocycles. The molecule has 1 unspecified atom stereocenters. The van der Waals surface area contributed by atoms with Gasteiger partial charge in [-0.2, -0.15) is 0 Å². The summed E-state index contributed by atoms with van der Waals surface area (Å²) in [6, 6.07) is 8.73. The van der Waals surface area contributed by atoms with Crippen LogP contribution in [0.3, 0.4) is 0 Å². The lowest BCUT2D eigenvalue weighted by molar-refractivity contribution is 0.115. The van der Waals surface area contributed by atoms with E-state index in [-0.39, 0.29) is 0 Å². The van der Waals surface area contributed by atoms with Crippen molar-refractivity contribution in [1.29, 1.82) is 0 Å². The Morgan fingerprint density at radius 2 is 2.20 bits per heavy atom. The summed E-state index contributed by atoms with van der Waals surface area (Å²) in [5.74, 6) is 0. The number of hydrogen-bond donors (Lipinski definition) is 0. The molecule has 1 heterocycles. The Hall–Kier alpha value is -1.08. The number of benzene rings is 1. The van der Waals surface area contributed by atoms with Crippen molar-refractivity contribution in [2.75, 3.05) is 6.61 Å². The van der Waals surface area contributed by atoms with Crippen molar-refractivity contribution in [2.24, 2.45) is 0 Å². The maximum absolute atomic E-state index is 5.69. The molecule has 1 aromatic carbocycles. The highest BCUT2D eigenvalue weighted by Crippen LogP contribution is 2.32. The van der Waals surface area contributed by atoms with Gasteiger partial charge in [0.25, 0.3) is 0 Å². The van der Waals surface area contributed by atoms with Crippen LogP contribution in [0.15, 0.2) is 30.3 Å². The molecule has 78 valence electrons. The molecule has 1 heteroatoms. The van der Waals surface area contributed by atoms with E-state index in [0.29, 0.717) is 6.10 Å². The fourth-order valence-corrected chi connectivity index (χ4v) is 2.60. The first-order valence-electron chi connectivity index (χ1n) is 5.82. The predicted octanol–water partition coefficient (Wildman–Crippen LogP) is 3.20. The molecule has 1 aromatic rings. The zero-order chi connectivity index (χ0) is 10.1. The van der Waals surface area contributed by atoms with E-state index in [2.05, 4.69) is 30.3 Å². The minimum Gasteiger partial charge on any atom is -0.378 e. The fraction of sp³-hybridized carbons (Fsp3) is 0.429. The minimum atomic E-state index is 0.474. The van der Waals surface area contributed by atoms with Crippen LogP contribution in [0.2, 0.25) is 0 Å². The van der Waals surface area contributed by atoms with Crippen molar-refractivity contribution in [3.05, 3.63) is 41.5 Å². The maximum atomic E-state index is 5.69. The lowest BCUT2D eigenvalue weighted by Crippen LogP contribution is -2.05. The molecular formula is C14H16O. The number of ether oxygens (including phenoxy) is 1. The van der Waals surface area contributed by atoms with Gasteiger partial charge in [-0.1, -0.05) is 30.3 Å². The van der Waals surface area contributed by atoms with Gasteiger partial charge < -0.3 is 4.74 Å². The van der Waals surface area contributed by atoms with Gasteiger partial charge in [0.05, 0.1) is 6.10 Å². The second-order valence-corrected chi connectivity index (χ2v) is 4.43. The lowest BCUT2D eigenvalue weighted by atomic mass is 10.00. The summed E-state index contributed by atoms with van der Waals surface area (Å²) in [6.07, 6.45) is 7.53. The van der Waals surface area contributed by atoms with Crippen LogP contribution in [-0.2, 0) is 11.2 Å². The highest BCUT2D eigenvalue weighted by molar-refractivity contribution is 5.73. The Bertz CT molecular complexity index is 386. The van der Waals surface area contributed by atoms with E-state index in [0.717, 1.165) is 19.4 Å². The molecular weight excluding hydrogens is 184 g/mol. The number of fused-ring (bicyclic) bond motifs is 1. The number of hydrogen-bond acceptors (Lipinski definition) is 1. The molecule has 1 aliphatic heterocycles. The monoisotopic (exact) mass is 200 g/mol. The molecule has 0 N–H and O–H groups in total. The second-order valence-electron chi connectivity index (χ2n) is 4.43. The summed E-state index contributed by atoms with van der Waals surface area (Å²) in [6.45, 7) is 0.958. The molecule has 0 spiro atoms. The van der Waals surface area contributed by atoms with Gasteiger partial charge >= 0.3 is 0 Å². The highest BCUT2D eigenvalue weighted by Gasteiger charge is 2.20. The standard InChI is InChI=1S/C14H16O/c1-2-6-14-11(4-1)7-8-12(14)10-13-5-3-9-15-13/h1-2,4,6,8,13H,3,5,7,9-10H2. The summed E-state index contributed by atoms with van der Waals surface area (Å²) in [5, 5.41) is 0. The molecule has 1 nitrogen and oxygen atoms in total. The molecule has 0 saturated carbocycles. The topological polar surface area (TPSA) is 9.23 Å². The van der Waals surface area contributed by atoms with Crippen LogP contribution in [0.5, 0.6) is 0 Å². The average molecular weight is 200 g/mol. The van der Waals surface area contributed by atoms with Gasteiger partial charge in [-0.25, -0.2) is 0 Å². The Kier molecular flexibility index (Phi) is 2.34. The van der Waals surface area contributed by atoms with Gasteiger partial charge in [0.2, 0.25) is 0 Å². The van der Waals surface area contributed by atoms with Crippen LogP contribution in [0.4, 0.5) is 0 Å². The van der Waals surface area contributed by atoms with Crippen molar-refractivity contribution in [3.8, 4) is 0 Å². The largest absolute Gasteiger partial charge is 0.378 e. The molecule has 0 bridgehead atoms. The van der Waals surface area contributed by atoms with Gasteiger partial charge in [0, 0.05) is 6.61 Å². The molecule has 1 fully saturated rings. The normalized spacial score (nSPS) is 24.0. The van der Waals surface area contributed by atoms with E-state index in [1.165, 1.54) is 29.5 Å². The van der Waals surface area contributed by atoms with Gasteiger partial charge in [-0.15, -0.1) is 0 Å². The zero-order valence-corrected chi connectivity index (χ0v) is 8.91. The molecule has 3 rings (SSSR count). The second kappa shape index (κ2) is 3.82. The quantitative estimate of drug-likeness (QED) is 0.712. The molecule has 0 aromatic heterocycles. The summed E-state index contributed by atoms with van der Waals surface area (Å²) in [5.41, 5.74) is 4.43. The summed E-state index contributed by atoms with van der Waals surface area (Å²) in [7, 11) is 0. The molecule has 2 aliphatic rings. The van der Waals surface area contributed by atoms with Crippen molar-refractivity contribution in [3.63, 3.8) is 0 Å². The Morgan fingerprint density at radius 3 is 3.07 bits per heavy atom. The Morgan fingerprint density at radius 1 is 1.27 bits per heavy atom. The van der Waals surface area contributed by atoms with Gasteiger partial charge in [0.15, 0.2) is 0 Å². The lowest BCUT2D eigenvalue weighted by Gasteiger charge is -2.11. The highest BCUT2D eigenvalue weighted by atomic mass is 16.5. The smallest absolute Gasteiger partial charge is 0.0616 e. The summed E-state index contributed by atoms with van der Waals surface area (Å²) in [4.78, 5) is 0. The number of allylic oxidation sites excluding steroid dienone is 1. The van der Waals surface area contributed by atoms with E-state index >= 15 is 0 Å². The first-order chi connectivity index (χ1) is 7.43. The van der Waals surface area contributed by atoms with Crippen molar-refractivity contribution >= 4 is 5.57 Å². The van der Waals surface area contributed by atoms with E-state index in [1.54, 1.807) is 0 Å². The predicted molar refractivity (Wildman–Crippen MR) is 61.7 cm³/mol. The van der Waals surface area contributed by atoms with E-state index in [9.17, 15) is 0 Å². The Labute approximate surface area is 90.8 Å². The molecule has 1 saturated heterocycles. The third-order valence-electron chi connectivity index (χ3n) is 3.40. The first-order valence-corrected chi connectivity index (χ1v) is 5.82. The average Bonchev–Trinajstić information content (AvgIpc) is 2.89. The van der Waals surface area contributed by atoms with Crippen LogP contribution < -0.4 is 0 Å². The third kappa shape index (κ3) is 1.72. The van der Waals surface area contributed by atoms with E-state index < -0.39 is 0 Å². The van der Waals surface area contributed by atoms with Crippen molar-refractivity contribution in [1.82, 2.24) is 0 Å². The van der Waals surface area contributed by atoms with E-state index in [1.807, 2.05) is 0 Å². The van der Waals surface area contributed by atoms with Crippen LogP contribution >= 0.6 is 0 Å². The Balaban J connectivity index is 1.78. The molecule has 0 radical (unpaired) electrons. The van der Waals surface area contributed by atoms with Crippen LogP contribution in [0, 0.1) is 0 Å².